The van der Waals surface area contributed by atoms with Crippen molar-refractivity contribution in [3.63, 3.8) is 0 Å². The van der Waals surface area contributed by atoms with Gasteiger partial charge in [0.25, 0.3) is 5.91 Å². The van der Waals surface area contributed by atoms with Crippen LogP contribution >= 0.6 is 0 Å². The van der Waals surface area contributed by atoms with Crippen molar-refractivity contribution >= 4 is 16.9 Å². The van der Waals surface area contributed by atoms with Crippen molar-refractivity contribution in [1.82, 2.24) is 19.8 Å². The summed E-state index contributed by atoms with van der Waals surface area (Å²) in [4.78, 5) is 41.4. The van der Waals surface area contributed by atoms with Crippen molar-refractivity contribution in [3.8, 4) is 0 Å². The third kappa shape index (κ3) is 4.18. The summed E-state index contributed by atoms with van der Waals surface area (Å²) in [5.74, 6) is 0.196. The van der Waals surface area contributed by atoms with Gasteiger partial charge in [0.15, 0.2) is 0 Å². The minimum absolute atomic E-state index is 0.198. The number of ether oxygens (including phenoxy) is 1. The molecule has 28 heavy (non-hydrogen) atoms. The third-order valence-electron chi connectivity index (χ3n) is 5.31. The molecule has 1 aliphatic rings. The SMILES string of the molecule is CCn1c(=O)c(=O)[nH]c2cc(C(=O)NCC(C(C)C)N3CCOCC3)ccc21. The summed E-state index contributed by atoms with van der Waals surface area (Å²) >= 11 is 0. The Morgan fingerprint density at radius 2 is 1.96 bits per heavy atom. The topological polar surface area (TPSA) is 96.4 Å². The standard InChI is InChI=1S/C20H28N4O4/c1-4-24-16-6-5-14(11-15(16)22-19(26)20(24)27)18(25)21-12-17(13(2)3)23-7-9-28-10-8-23/h5-6,11,13,17H,4,7-10,12H2,1-3H3,(H,21,25)(H,22,26). The molecule has 152 valence electrons. The van der Waals surface area contributed by atoms with Gasteiger partial charge in [0.2, 0.25) is 0 Å². The zero-order chi connectivity index (χ0) is 20.3. The van der Waals surface area contributed by atoms with E-state index >= 15 is 0 Å². The average Bonchev–Trinajstić information content (AvgIpc) is 2.69. The first-order valence-corrected chi connectivity index (χ1v) is 9.79. The first-order valence-electron chi connectivity index (χ1n) is 9.79. The number of rotatable bonds is 6. The van der Waals surface area contributed by atoms with E-state index in [4.69, 9.17) is 4.74 Å². The number of aromatic nitrogens is 2. The number of hydrogen-bond donors (Lipinski definition) is 2. The van der Waals surface area contributed by atoms with Crippen LogP contribution < -0.4 is 16.4 Å². The Labute approximate surface area is 163 Å². The number of fused-ring (bicyclic) bond motifs is 1. The second kappa shape index (κ2) is 8.70. The number of morpholine rings is 1. The zero-order valence-corrected chi connectivity index (χ0v) is 16.7. The molecule has 1 fully saturated rings. The van der Waals surface area contributed by atoms with E-state index in [0.29, 0.717) is 48.8 Å². The van der Waals surface area contributed by atoms with E-state index in [9.17, 15) is 14.4 Å². The maximum Gasteiger partial charge on any atom is 0.316 e. The molecule has 1 atom stereocenters. The van der Waals surface area contributed by atoms with Crippen molar-refractivity contribution in [1.29, 1.82) is 0 Å². The van der Waals surface area contributed by atoms with Crippen LogP contribution in [0.1, 0.15) is 31.1 Å². The van der Waals surface area contributed by atoms with Crippen LogP contribution in [0.2, 0.25) is 0 Å². The van der Waals surface area contributed by atoms with Crippen molar-refractivity contribution in [2.24, 2.45) is 5.92 Å². The molecule has 8 nitrogen and oxygen atoms in total. The number of benzene rings is 1. The van der Waals surface area contributed by atoms with Gasteiger partial charge in [-0.05, 0) is 31.0 Å². The van der Waals surface area contributed by atoms with Crippen LogP contribution in [0.3, 0.4) is 0 Å². The van der Waals surface area contributed by atoms with Crippen LogP contribution in [0.25, 0.3) is 11.0 Å². The zero-order valence-electron chi connectivity index (χ0n) is 16.7. The highest BCUT2D eigenvalue weighted by molar-refractivity contribution is 5.97. The fraction of sp³-hybridized carbons (Fsp3) is 0.550. The molecule has 2 aromatic rings. The first-order chi connectivity index (χ1) is 13.4. The highest BCUT2D eigenvalue weighted by Gasteiger charge is 2.24. The monoisotopic (exact) mass is 388 g/mol. The van der Waals surface area contributed by atoms with Crippen LogP contribution in [0.5, 0.6) is 0 Å². The lowest BCUT2D eigenvalue weighted by atomic mass is 10.0. The molecule has 1 saturated heterocycles. The van der Waals surface area contributed by atoms with Crippen molar-refractivity contribution < 1.29 is 9.53 Å². The van der Waals surface area contributed by atoms with Crippen LogP contribution in [-0.2, 0) is 11.3 Å². The van der Waals surface area contributed by atoms with Crippen LogP contribution in [0.15, 0.2) is 27.8 Å². The van der Waals surface area contributed by atoms with Gasteiger partial charge in [0.05, 0.1) is 24.2 Å². The molecule has 2 heterocycles. The molecular weight excluding hydrogens is 360 g/mol. The van der Waals surface area contributed by atoms with E-state index in [-0.39, 0.29) is 11.9 Å². The molecule has 3 rings (SSSR count). The second-order valence-corrected chi connectivity index (χ2v) is 7.41. The molecule has 1 aromatic carbocycles. The molecular formula is C20H28N4O4. The van der Waals surface area contributed by atoms with Gasteiger partial charge in [-0.1, -0.05) is 13.8 Å². The van der Waals surface area contributed by atoms with Crippen molar-refractivity contribution in [3.05, 3.63) is 44.5 Å². The number of nitrogens with one attached hydrogen (secondary N) is 2. The van der Waals surface area contributed by atoms with Gasteiger partial charge in [-0.25, -0.2) is 0 Å². The quantitative estimate of drug-likeness (QED) is 0.714. The fourth-order valence-electron chi connectivity index (χ4n) is 3.73. The van der Waals surface area contributed by atoms with E-state index < -0.39 is 11.1 Å². The minimum Gasteiger partial charge on any atom is -0.379 e. The predicted molar refractivity (Wildman–Crippen MR) is 108 cm³/mol. The number of carbonyl (C=O) groups excluding carboxylic acids is 1. The largest absolute Gasteiger partial charge is 0.379 e. The van der Waals surface area contributed by atoms with Gasteiger partial charge in [0.1, 0.15) is 0 Å². The van der Waals surface area contributed by atoms with Crippen LogP contribution in [0, 0.1) is 5.92 Å². The maximum atomic E-state index is 12.7. The maximum absolute atomic E-state index is 12.7. The predicted octanol–water partition coefficient (Wildman–Crippen LogP) is 0.796. The number of nitrogens with zero attached hydrogens (tertiary/aromatic N) is 2. The molecule has 2 N–H and O–H groups in total. The summed E-state index contributed by atoms with van der Waals surface area (Å²) in [6.07, 6.45) is 0. The first kappa shape index (κ1) is 20.3. The molecule has 1 aliphatic heterocycles. The number of aromatic amines is 1. The second-order valence-electron chi connectivity index (χ2n) is 7.41. The Morgan fingerprint density at radius 3 is 2.61 bits per heavy atom. The van der Waals surface area contributed by atoms with E-state index in [2.05, 4.69) is 29.0 Å². The number of hydrogen-bond acceptors (Lipinski definition) is 5. The van der Waals surface area contributed by atoms with Gasteiger partial charge in [-0.3, -0.25) is 19.3 Å². The van der Waals surface area contributed by atoms with Crippen LogP contribution in [-0.4, -0.2) is 59.2 Å². The Kier molecular flexibility index (Phi) is 6.31. The van der Waals surface area contributed by atoms with Gasteiger partial charge in [0, 0.05) is 37.8 Å². The van der Waals surface area contributed by atoms with E-state index in [1.54, 1.807) is 25.1 Å². The molecule has 0 radical (unpaired) electrons. The number of aryl methyl sites for hydroxylation is 1. The lowest BCUT2D eigenvalue weighted by Gasteiger charge is -2.36. The summed E-state index contributed by atoms with van der Waals surface area (Å²) in [7, 11) is 0. The average molecular weight is 388 g/mol. The molecule has 0 spiro atoms. The molecule has 0 saturated carbocycles. The minimum atomic E-state index is -0.681. The van der Waals surface area contributed by atoms with Gasteiger partial charge in [-0.15, -0.1) is 0 Å². The molecule has 8 heteroatoms. The molecule has 1 unspecified atom stereocenters. The fourth-order valence-corrected chi connectivity index (χ4v) is 3.73. The summed E-state index contributed by atoms with van der Waals surface area (Å²) in [5.41, 5.74) is 0.273. The highest BCUT2D eigenvalue weighted by atomic mass is 16.5. The normalized spacial score (nSPS) is 16.4. The van der Waals surface area contributed by atoms with Crippen molar-refractivity contribution in [2.45, 2.75) is 33.4 Å². The van der Waals surface area contributed by atoms with Crippen LogP contribution in [0.4, 0.5) is 0 Å². The highest BCUT2D eigenvalue weighted by Crippen LogP contribution is 2.14. The summed E-state index contributed by atoms with van der Waals surface area (Å²) in [6.45, 7) is 10.2. The number of carbonyl (C=O) groups is 1. The van der Waals surface area contributed by atoms with Gasteiger partial charge >= 0.3 is 11.1 Å². The summed E-state index contributed by atoms with van der Waals surface area (Å²) < 4.78 is 6.83. The Morgan fingerprint density at radius 1 is 1.25 bits per heavy atom. The molecule has 0 bridgehead atoms. The number of amides is 1. The summed E-state index contributed by atoms with van der Waals surface area (Å²) in [6, 6.07) is 5.24. The van der Waals surface area contributed by atoms with Crippen molar-refractivity contribution in [2.75, 3.05) is 32.8 Å². The lowest BCUT2D eigenvalue weighted by molar-refractivity contribution is 0.00673. The van der Waals surface area contributed by atoms with E-state index in [1.165, 1.54) is 4.57 Å². The number of H-pyrrole nitrogens is 1. The van der Waals surface area contributed by atoms with E-state index in [0.717, 1.165) is 13.1 Å². The molecule has 0 aliphatic carbocycles. The lowest BCUT2D eigenvalue weighted by Crippen LogP contribution is -2.51. The van der Waals surface area contributed by atoms with Gasteiger partial charge in [-0.2, -0.15) is 0 Å². The molecule has 1 amide bonds. The smallest absolute Gasteiger partial charge is 0.316 e. The Hall–Kier alpha value is -2.45. The van der Waals surface area contributed by atoms with E-state index in [1.807, 2.05) is 0 Å². The third-order valence-corrected chi connectivity index (χ3v) is 5.31. The Bertz CT molecular complexity index is 957. The Balaban J connectivity index is 1.78. The van der Waals surface area contributed by atoms with Gasteiger partial charge < -0.3 is 19.6 Å². The molecule has 1 aromatic heterocycles. The summed E-state index contributed by atoms with van der Waals surface area (Å²) in [5, 5.41) is 3.02.